The predicted octanol–water partition coefficient (Wildman–Crippen LogP) is 5.27. The minimum Gasteiger partial charge on any atom is -0.392 e. The van der Waals surface area contributed by atoms with Gasteiger partial charge in [0, 0.05) is 37.3 Å². The van der Waals surface area contributed by atoms with Crippen LogP contribution in [0.3, 0.4) is 0 Å². The first-order valence-corrected chi connectivity index (χ1v) is 14.9. The molecule has 4 saturated carbocycles. The average Bonchev–Trinajstić information content (AvgIpc) is 3.22. The van der Waals surface area contributed by atoms with Gasteiger partial charge in [0.1, 0.15) is 5.41 Å². The molecule has 4 aliphatic carbocycles. The van der Waals surface area contributed by atoms with E-state index in [1.54, 1.807) is 17.0 Å². The van der Waals surface area contributed by atoms with Crippen molar-refractivity contribution in [3.63, 3.8) is 0 Å². The van der Waals surface area contributed by atoms with Crippen LogP contribution < -0.4 is 4.90 Å². The molecule has 2 amide bonds. The van der Waals surface area contributed by atoms with Gasteiger partial charge in [-0.25, -0.2) is 0 Å². The van der Waals surface area contributed by atoms with Gasteiger partial charge in [-0.2, -0.15) is 0 Å². The first-order chi connectivity index (χ1) is 19.3. The lowest BCUT2D eigenvalue weighted by molar-refractivity contribution is -0.384. The van der Waals surface area contributed by atoms with E-state index in [4.69, 9.17) is 0 Å². The lowest BCUT2D eigenvalue weighted by atomic mass is 9.49. The standard InChI is InChI=1S/C32H37N3O5/c1-2-9-33-27-13-20(18-36)3-8-26(27)29-32(30(33)38,24-4-6-25(7-5-24)35(39)40)17-28(37)34(29)19-31-14-21-10-22(15-31)12-23(11-21)16-31/h3-8,13,21-23,29,36H,2,9-12,14-19H2,1H3/t21?,22?,23?,29-,31?,32-/m1/s1. The van der Waals surface area contributed by atoms with Crippen LogP contribution in [0.1, 0.15) is 81.0 Å². The molecule has 2 aromatic carbocycles. The van der Waals surface area contributed by atoms with E-state index >= 15 is 0 Å². The van der Waals surface area contributed by atoms with E-state index in [2.05, 4.69) is 0 Å². The van der Waals surface area contributed by atoms with Crippen molar-refractivity contribution in [3.8, 4) is 0 Å². The molecule has 0 aromatic heterocycles. The lowest BCUT2D eigenvalue weighted by Crippen LogP contribution is -2.56. The molecule has 0 unspecified atom stereocenters. The van der Waals surface area contributed by atoms with Gasteiger partial charge in [-0.3, -0.25) is 19.7 Å². The predicted molar refractivity (Wildman–Crippen MR) is 149 cm³/mol. The number of nitrogens with zero attached hydrogens (tertiary/aromatic N) is 3. The van der Waals surface area contributed by atoms with Crippen LogP contribution in [0.15, 0.2) is 42.5 Å². The molecule has 2 atom stereocenters. The van der Waals surface area contributed by atoms with Gasteiger partial charge >= 0.3 is 0 Å². The number of carbonyl (C=O) groups is 2. The first-order valence-electron chi connectivity index (χ1n) is 14.9. The normalized spacial score (nSPS) is 33.9. The van der Waals surface area contributed by atoms with Crippen molar-refractivity contribution in [1.82, 2.24) is 4.90 Å². The summed E-state index contributed by atoms with van der Waals surface area (Å²) in [7, 11) is 0. The number of nitro groups is 1. The third kappa shape index (κ3) is 3.67. The molecule has 5 fully saturated rings. The fourth-order valence-corrected chi connectivity index (χ4v) is 9.71. The number of aliphatic hydroxyl groups is 1. The summed E-state index contributed by atoms with van der Waals surface area (Å²) in [4.78, 5) is 43.7. The minimum atomic E-state index is -1.16. The van der Waals surface area contributed by atoms with Crippen LogP contribution in [0.25, 0.3) is 0 Å². The second-order valence-electron chi connectivity index (χ2n) is 13.3. The maximum atomic E-state index is 14.7. The molecule has 2 aliphatic heterocycles. The van der Waals surface area contributed by atoms with Crippen molar-refractivity contribution in [3.05, 3.63) is 69.3 Å². The maximum absolute atomic E-state index is 14.7. The molecule has 1 saturated heterocycles. The van der Waals surface area contributed by atoms with Gasteiger partial charge in [0.25, 0.3) is 5.69 Å². The summed E-state index contributed by atoms with van der Waals surface area (Å²) in [6.45, 7) is 3.05. The molecular formula is C32H37N3O5. The molecule has 2 heterocycles. The SMILES string of the molecule is CCCN1C(=O)[C@@]2(c3ccc([N+](=O)[O-])cc3)CC(=O)N(CC34CC5CC(CC(C5)C3)C4)[C@@H]2c2ccc(CO)cc21. The second-order valence-corrected chi connectivity index (χ2v) is 13.3. The highest BCUT2D eigenvalue weighted by Crippen LogP contribution is 2.63. The molecule has 8 nitrogen and oxygen atoms in total. The Morgan fingerprint density at radius 3 is 2.23 bits per heavy atom. The molecule has 0 radical (unpaired) electrons. The molecule has 0 spiro atoms. The number of benzene rings is 2. The molecular weight excluding hydrogens is 506 g/mol. The van der Waals surface area contributed by atoms with Crippen molar-refractivity contribution in [2.24, 2.45) is 23.2 Å². The number of carbonyl (C=O) groups excluding carboxylic acids is 2. The summed E-state index contributed by atoms with van der Waals surface area (Å²) in [6.07, 6.45) is 8.23. The zero-order valence-corrected chi connectivity index (χ0v) is 23.1. The highest BCUT2D eigenvalue weighted by Gasteiger charge is 2.64. The molecule has 8 heteroatoms. The summed E-state index contributed by atoms with van der Waals surface area (Å²) in [5, 5.41) is 21.4. The van der Waals surface area contributed by atoms with Gasteiger partial charge in [0.15, 0.2) is 0 Å². The van der Waals surface area contributed by atoms with E-state index in [-0.39, 0.29) is 35.9 Å². The molecule has 8 rings (SSSR count). The number of anilines is 1. The van der Waals surface area contributed by atoms with E-state index in [1.165, 1.54) is 31.4 Å². The number of nitro benzene ring substituents is 1. The Kier molecular flexibility index (Phi) is 5.86. The Labute approximate surface area is 234 Å². The molecule has 210 valence electrons. The number of hydrogen-bond acceptors (Lipinski definition) is 5. The van der Waals surface area contributed by atoms with E-state index in [0.29, 0.717) is 18.7 Å². The largest absolute Gasteiger partial charge is 0.392 e. The first kappa shape index (κ1) is 25.7. The molecule has 4 bridgehead atoms. The van der Waals surface area contributed by atoms with Gasteiger partial charge in [-0.1, -0.05) is 31.2 Å². The Balaban J connectivity index is 1.39. The Bertz CT molecular complexity index is 1350. The van der Waals surface area contributed by atoms with Crippen LogP contribution in [0, 0.1) is 33.3 Å². The fourth-order valence-electron chi connectivity index (χ4n) is 9.71. The van der Waals surface area contributed by atoms with Crippen LogP contribution in [-0.4, -0.2) is 39.8 Å². The van der Waals surface area contributed by atoms with Crippen LogP contribution in [-0.2, 0) is 21.6 Å². The zero-order chi connectivity index (χ0) is 27.8. The molecule has 2 aromatic rings. The number of rotatable bonds is 7. The highest BCUT2D eigenvalue weighted by atomic mass is 16.6. The summed E-state index contributed by atoms with van der Waals surface area (Å²) in [6, 6.07) is 11.6. The summed E-state index contributed by atoms with van der Waals surface area (Å²) in [5.74, 6) is 2.10. The number of amides is 2. The summed E-state index contributed by atoms with van der Waals surface area (Å²) in [5.41, 5.74) is 2.00. The van der Waals surface area contributed by atoms with E-state index in [9.17, 15) is 24.8 Å². The van der Waals surface area contributed by atoms with Crippen molar-refractivity contribution < 1.29 is 19.6 Å². The van der Waals surface area contributed by atoms with Crippen LogP contribution in [0.5, 0.6) is 0 Å². The third-order valence-electron chi connectivity index (χ3n) is 10.7. The van der Waals surface area contributed by atoms with Crippen molar-refractivity contribution in [1.29, 1.82) is 0 Å². The monoisotopic (exact) mass is 543 g/mol. The number of hydrogen-bond donors (Lipinski definition) is 1. The summed E-state index contributed by atoms with van der Waals surface area (Å²) < 4.78 is 0. The van der Waals surface area contributed by atoms with Gasteiger partial charge in [0.05, 0.1) is 17.6 Å². The Morgan fingerprint density at radius 2 is 1.65 bits per heavy atom. The quantitative estimate of drug-likeness (QED) is 0.378. The summed E-state index contributed by atoms with van der Waals surface area (Å²) >= 11 is 0. The molecule has 6 aliphatic rings. The van der Waals surface area contributed by atoms with Crippen molar-refractivity contribution in [2.75, 3.05) is 18.0 Å². The van der Waals surface area contributed by atoms with Crippen LogP contribution in [0.2, 0.25) is 0 Å². The van der Waals surface area contributed by atoms with Gasteiger partial charge in [-0.05, 0) is 90.9 Å². The Morgan fingerprint density at radius 1 is 1.00 bits per heavy atom. The van der Waals surface area contributed by atoms with Crippen molar-refractivity contribution in [2.45, 2.75) is 76.4 Å². The van der Waals surface area contributed by atoms with Crippen molar-refractivity contribution >= 4 is 23.2 Å². The smallest absolute Gasteiger partial charge is 0.269 e. The number of non-ortho nitro benzene ring substituents is 1. The molecule has 1 N–H and O–H groups in total. The number of aliphatic hydroxyl groups excluding tert-OH is 1. The van der Waals surface area contributed by atoms with Gasteiger partial charge in [0.2, 0.25) is 11.8 Å². The number of fused-ring (bicyclic) bond motifs is 3. The van der Waals surface area contributed by atoms with Gasteiger partial charge in [-0.15, -0.1) is 0 Å². The minimum absolute atomic E-state index is 0.0111. The average molecular weight is 544 g/mol. The fraction of sp³-hybridized carbons (Fsp3) is 0.562. The van der Waals surface area contributed by atoms with Gasteiger partial charge < -0.3 is 14.9 Å². The molecule has 40 heavy (non-hydrogen) atoms. The number of likely N-dealkylation sites (tertiary alicyclic amines) is 1. The van der Waals surface area contributed by atoms with Crippen LogP contribution >= 0.6 is 0 Å². The van der Waals surface area contributed by atoms with Crippen LogP contribution in [0.4, 0.5) is 11.4 Å². The topological polar surface area (TPSA) is 104 Å². The Hall–Kier alpha value is -3.26. The van der Waals surface area contributed by atoms with E-state index in [1.807, 2.05) is 30.0 Å². The third-order valence-corrected chi connectivity index (χ3v) is 10.7. The maximum Gasteiger partial charge on any atom is 0.269 e. The zero-order valence-electron chi connectivity index (χ0n) is 23.1. The second kappa shape index (κ2) is 9.13. The van der Waals surface area contributed by atoms with E-state index < -0.39 is 16.4 Å². The highest BCUT2D eigenvalue weighted by molar-refractivity contribution is 6.09. The lowest BCUT2D eigenvalue weighted by Gasteiger charge is -2.58. The van der Waals surface area contributed by atoms with E-state index in [0.717, 1.165) is 60.3 Å².